The zero-order chi connectivity index (χ0) is 14.9. The molecule has 0 bridgehead atoms. The summed E-state index contributed by atoms with van der Waals surface area (Å²) in [6, 6.07) is 8.42. The molecule has 2 aromatic heterocycles. The fraction of sp³-hybridized carbons (Fsp3) is 0.0769. The summed E-state index contributed by atoms with van der Waals surface area (Å²) in [6.07, 6.45) is 2.81. The second kappa shape index (κ2) is 5.30. The summed E-state index contributed by atoms with van der Waals surface area (Å²) in [5.74, 6) is 0.702. The van der Waals surface area contributed by atoms with Crippen molar-refractivity contribution < 1.29 is 13.2 Å². The molecule has 1 aromatic carbocycles. The SMILES string of the molecule is COc1ccc2nc(NS(=O)(=O)c3cccnc3)sc2c1. The lowest BCUT2D eigenvalue weighted by atomic mass is 10.3. The van der Waals surface area contributed by atoms with Crippen molar-refractivity contribution in [1.29, 1.82) is 0 Å². The van der Waals surface area contributed by atoms with E-state index in [0.29, 0.717) is 16.4 Å². The fourth-order valence-corrected chi connectivity index (χ4v) is 3.85. The van der Waals surface area contributed by atoms with E-state index >= 15 is 0 Å². The highest BCUT2D eigenvalue weighted by Crippen LogP contribution is 2.30. The van der Waals surface area contributed by atoms with Crippen LogP contribution in [0, 0.1) is 0 Å². The Morgan fingerprint density at radius 2 is 2.14 bits per heavy atom. The van der Waals surface area contributed by atoms with Gasteiger partial charge in [-0.3, -0.25) is 9.71 Å². The number of methoxy groups -OCH3 is 1. The van der Waals surface area contributed by atoms with Crippen molar-refractivity contribution in [1.82, 2.24) is 9.97 Å². The van der Waals surface area contributed by atoms with Crippen LogP contribution < -0.4 is 9.46 Å². The van der Waals surface area contributed by atoms with Crippen molar-refractivity contribution in [2.24, 2.45) is 0 Å². The Morgan fingerprint density at radius 3 is 2.86 bits per heavy atom. The smallest absolute Gasteiger partial charge is 0.265 e. The number of nitrogens with one attached hydrogen (secondary N) is 1. The number of thiazole rings is 1. The van der Waals surface area contributed by atoms with Crippen LogP contribution in [0.5, 0.6) is 5.75 Å². The summed E-state index contributed by atoms with van der Waals surface area (Å²) in [5.41, 5.74) is 0.713. The second-order valence-corrected chi connectivity index (χ2v) is 6.86. The van der Waals surface area contributed by atoms with Crippen LogP contribution in [-0.2, 0) is 10.0 Å². The van der Waals surface area contributed by atoms with E-state index in [1.807, 2.05) is 6.07 Å². The molecule has 0 radical (unpaired) electrons. The monoisotopic (exact) mass is 321 g/mol. The number of sulfonamides is 1. The number of fused-ring (bicyclic) bond motifs is 1. The lowest BCUT2D eigenvalue weighted by molar-refractivity contribution is 0.415. The van der Waals surface area contributed by atoms with Crippen LogP contribution in [0.25, 0.3) is 10.2 Å². The van der Waals surface area contributed by atoms with E-state index in [4.69, 9.17) is 4.74 Å². The normalized spacial score (nSPS) is 11.5. The van der Waals surface area contributed by atoms with E-state index in [0.717, 1.165) is 4.70 Å². The van der Waals surface area contributed by atoms with Gasteiger partial charge in [0.15, 0.2) is 5.13 Å². The van der Waals surface area contributed by atoms with Crippen molar-refractivity contribution >= 4 is 36.7 Å². The van der Waals surface area contributed by atoms with Crippen LogP contribution in [0.4, 0.5) is 5.13 Å². The van der Waals surface area contributed by atoms with Crippen LogP contribution in [0.1, 0.15) is 0 Å². The first kappa shape index (κ1) is 13.8. The lowest BCUT2D eigenvalue weighted by Crippen LogP contribution is -2.12. The largest absolute Gasteiger partial charge is 0.497 e. The Balaban J connectivity index is 1.95. The van der Waals surface area contributed by atoms with E-state index in [-0.39, 0.29) is 4.90 Å². The number of rotatable bonds is 4. The van der Waals surface area contributed by atoms with Gasteiger partial charge in [-0.05, 0) is 30.3 Å². The number of hydrogen-bond donors (Lipinski definition) is 1. The average molecular weight is 321 g/mol. The lowest BCUT2D eigenvalue weighted by Gasteiger charge is -2.03. The molecule has 8 heteroatoms. The Labute approximate surface area is 125 Å². The highest BCUT2D eigenvalue weighted by Gasteiger charge is 2.16. The molecule has 3 aromatic rings. The molecule has 108 valence electrons. The molecule has 3 rings (SSSR count). The molecule has 0 spiro atoms. The van der Waals surface area contributed by atoms with Crippen LogP contribution in [0.3, 0.4) is 0 Å². The maximum Gasteiger partial charge on any atom is 0.265 e. The number of ether oxygens (including phenoxy) is 1. The van der Waals surface area contributed by atoms with Crippen molar-refractivity contribution in [2.45, 2.75) is 4.90 Å². The summed E-state index contributed by atoms with van der Waals surface area (Å²) in [7, 11) is -2.09. The van der Waals surface area contributed by atoms with Gasteiger partial charge in [-0.25, -0.2) is 13.4 Å². The zero-order valence-electron chi connectivity index (χ0n) is 11.0. The summed E-state index contributed by atoms with van der Waals surface area (Å²) in [6.45, 7) is 0. The van der Waals surface area contributed by atoms with Gasteiger partial charge < -0.3 is 4.74 Å². The fourth-order valence-electron chi connectivity index (χ4n) is 1.76. The Morgan fingerprint density at radius 1 is 1.29 bits per heavy atom. The molecular formula is C13H11N3O3S2. The standard InChI is InChI=1S/C13H11N3O3S2/c1-19-9-4-5-11-12(7-9)20-13(15-11)16-21(17,18)10-3-2-6-14-8-10/h2-8H,1H3,(H,15,16). The molecule has 0 fully saturated rings. The number of nitrogens with zero attached hydrogens (tertiary/aromatic N) is 2. The third-order valence-electron chi connectivity index (χ3n) is 2.76. The molecule has 0 atom stereocenters. The minimum Gasteiger partial charge on any atom is -0.497 e. The second-order valence-electron chi connectivity index (χ2n) is 4.15. The highest BCUT2D eigenvalue weighted by molar-refractivity contribution is 7.93. The molecule has 6 nitrogen and oxygen atoms in total. The molecule has 0 aliphatic heterocycles. The zero-order valence-corrected chi connectivity index (χ0v) is 12.6. The topological polar surface area (TPSA) is 81.2 Å². The maximum atomic E-state index is 12.2. The van der Waals surface area contributed by atoms with Gasteiger partial charge in [0.1, 0.15) is 10.6 Å². The van der Waals surface area contributed by atoms with Gasteiger partial charge in [-0.1, -0.05) is 11.3 Å². The molecule has 0 unspecified atom stereocenters. The summed E-state index contributed by atoms with van der Waals surface area (Å²) in [4.78, 5) is 8.16. The van der Waals surface area contributed by atoms with Crippen LogP contribution in [0.2, 0.25) is 0 Å². The van der Waals surface area contributed by atoms with Gasteiger partial charge in [-0.15, -0.1) is 0 Å². The van der Waals surface area contributed by atoms with Crippen molar-refractivity contribution in [3.05, 3.63) is 42.7 Å². The van der Waals surface area contributed by atoms with Gasteiger partial charge in [0.05, 0.1) is 17.3 Å². The van der Waals surface area contributed by atoms with E-state index in [1.165, 1.54) is 29.8 Å². The van der Waals surface area contributed by atoms with Gasteiger partial charge in [-0.2, -0.15) is 0 Å². The number of benzene rings is 1. The van der Waals surface area contributed by atoms with Crippen LogP contribution >= 0.6 is 11.3 Å². The molecule has 2 heterocycles. The van der Waals surface area contributed by atoms with E-state index < -0.39 is 10.0 Å². The minimum absolute atomic E-state index is 0.0989. The van der Waals surface area contributed by atoms with Crippen LogP contribution in [-0.4, -0.2) is 25.5 Å². The summed E-state index contributed by atoms with van der Waals surface area (Å²) >= 11 is 1.25. The van der Waals surface area contributed by atoms with Crippen molar-refractivity contribution in [3.8, 4) is 5.75 Å². The maximum absolute atomic E-state index is 12.2. The van der Waals surface area contributed by atoms with E-state index in [9.17, 15) is 8.42 Å². The molecule has 21 heavy (non-hydrogen) atoms. The average Bonchev–Trinajstić information content (AvgIpc) is 2.88. The first-order valence-electron chi connectivity index (χ1n) is 5.96. The van der Waals surface area contributed by atoms with Crippen molar-refractivity contribution in [3.63, 3.8) is 0 Å². The molecule has 1 N–H and O–H groups in total. The molecule has 0 amide bonds. The van der Waals surface area contributed by atoms with Gasteiger partial charge in [0.25, 0.3) is 10.0 Å². The predicted octanol–water partition coefficient (Wildman–Crippen LogP) is 2.50. The number of anilines is 1. The third kappa shape index (κ3) is 2.81. The molecule has 0 aliphatic carbocycles. The number of pyridine rings is 1. The summed E-state index contributed by atoms with van der Waals surface area (Å²) in [5, 5.41) is 0.308. The van der Waals surface area contributed by atoms with Crippen LogP contribution in [0.15, 0.2) is 47.6 Å². The predicted molar refractivity (Wildman–Crippen MR) is 81.2 cm³/mol. The quantitative estimate of drug-likeness (QED) is 0.798. The minimum atomic E-state index is -3.67. The first-order valence-corrected chi connectivity index (χ1v) is 8.26. The van der Waals surface area contributed by atoms with Gasteiger partial charge in [0, 0.05) is 12.4 Å². The number of aromatic nitrogens is 2. The first-order chi connectivity index (χ1) is 10.1. The molecule has 0 saturated carbocycles. The Bertz CT molecular complexity index is 876. The number of hydrogen-bond acceptors (Lipinski definition) is 6. The highest BCUT2D eigenvalue weighted by atomic mass is 32.2. The molecule has 0 aliphatic rings. The molecule has 0 saturated heterocycles. The van der Waals surface area contributed by atoms with Gasteiger partial charge in [0.2, 0.25) is 0 Å². The molecular weight excluding hydrogens is 310 g/mol. The Hall–Kier alpha value is -2.19. The van der Waals surface area contributed by atoms with Gasteiger partial charge >= 0.3 is 0 Å². The summed E-state index contributed by atoms with van der Waals surface area (Å²) < 4.78 is 32.8. The van der Waals surface area contributed by atoms with Crippen molar-refractivity contribution in [2.75, 3.05) is 11.8 Å². The van der Waals surface area contributed by atoms with E-state index in [2.05, 4.69) is 14.7 Å². The van der Waals surface area contributed by atoms with E-state index in [1.54, 1.807) is 25.3 Å². The Kier molecular flexibility index (Phi) is 3.48. The third-order valence-corrected chi connectivity index (χ3v) is 5.15.